The van der Waals surface area contributed by atoms with Crippen LogP contribution in [0.3, 0.4) is 0 Å². The van der Waals surface area contributed by atoms with Gasteiger partial charge in [-0.15, -0.1) is 11.8 Å². The fraction of sp³-hybridized carbons (Fsp3) is 0.438. The lowest BCUT2D eigenvalue weighted by Gasteiger charge is -2.34. The molecule has 1 aromatic rings. The van der Waals surface area contributed by atoms with Crippen molar-refractivity contribution in [3.63, 3.8) is 0 Å². The van der Waals surface area contributed by atoms with Crippen LogP contribution < -0.4 is 0 Å². The second kappa shape index (κ2) is 8.44. The number of nitriles is 1. The van der Waals surface area contributed by atoms with Crippen molar-refractivity contribution < 1.29 is 14.3 Å². The van der Waals surface area contributed by atoms with Crippen LogP contribution in [-0.2, 0) is 4.74 Å². The molecule has 1 saturated heterocycles. The normalized spacial score (nSPS) is 14.3. The number of thioether (sulfide) groups is 1. The summed E-state index contributed by atoms with van der Waals surface area (Å²) in [5.74, 6) is 0.246. The first-order chi connectivity index (χ1) is 11.2. The molecule has 0 aromatic heterocycles. The number of benzene rings is 1. The summed E-state index contributed by atoms with van der Waals surface area (Å²) in [4.78, 5) is 28.5. The second-order valence-electron chi connectivity index (χ2n) is 4.92. The first-order valence-electron chi connectivity index (χ1n) is 7.47. The largest absolute Gasteiger partial charge is 0.450 e. The van der Waals surface area contributed by atoms with Gasteiger partial charge in [-0.1, -0.05) is 12.1 Å². The third-order valence-corrected chi connectivity index (χ3v) is 4.44. The predicted octanol–water partition coefficient (Wildman–Crippen LogP) is 2.22. The fourth-order valence-corrected chi connectivity index (χ4v) is 3.06. The number of hydrogen-bond donors (Lipinski definition) is 0. The quantitative estimate of drug-likeness (QED) is 0.790. The van der Waals surface area contributed by atoms with Crippen LogP contribution in [0.2, 0.25) is 0 Å². The molecule has 0 aliphatic carbocycles. The minimum atomic E-state index is -0.329. The van der Waals surface area contributed by atoms with E-state index in [1.165, 1.54) is 11.8 Å². The molecule has 2 rings (SSSR count). The van der Waals surface area contributed by atoms with Crippen LogP contribution in [-0.4, -0.2) is 60.3 Å². The van der Waals surface area contributed by atoms with Gasteiger partial charge in [-0.25, -0.2) is 4.79 Å². The first-order valence-corrected chi connectivity index (χ1v) is 8.45. The lowest BCUT2D eigenvalue weighted by atomic mass is 10.2. The van der Waals surface area contributed by atoms with E-state index in [9.17, 15) is 9.59 Å². The van der Waals surface area contributed by atoms with Crippen LogP contribution >= 0.6 is 11.8 Å². The molecule has 0 atom stereocenters. The minimum Gasteiger partial charge on any atom is -0.450 e. The van der Waals surface area contributed by atoms with Crippen molar-refractivity contribution in [1.29, 1.82) is 5.26 Å². The average Bonchev–Trinajstić information content (AvgIpc) is 2.60. The molecule has 6 nitrogen and oxygen atoms in total. The number of amides is 2. The number of carbonyl (C=O) groups excluding carboxylic acids is 2. The molecule has 1 fully saturated rings. The van der Waals surface area contributed by atoms with Gasteiger partial charge in [0.1, 0.15) is 0 Å². The van der Waals surface area contributed by atoms with Gasteiger partial charge < -0.3 is 14.5 Å². The third-order valence-electron chi connectivity index (χ3n) is 3.50. The highest BCUT2D eigenvalue weighted by atomic mass is 32.2. The van der Waals surface area contributed by atoms with Gasteiger partial charge in [-0.05, 0) is 19.1 Å². The summed E-state index contributed by atoms with van der Waals surface area (Å²) in [6, 6.07) is 9.38. The monoisotopic (exact) mass is 333 g/mol. The summed E-state index contributed by atoms with van der Waals surface area (Å²) >= 11 is 1.36. The van der Waals surface area contributed by atoms with Gasteiger partial charge in [0.15, 0.2) is 0 Å². The van der Waals surface area contributed by atoms with E-state index in [4.69, 9.17) is 10.00 Å². The molecule has 0 unspecified atom stereocenters. The number of hydrogen-bond acceptors (Lipinski definition) is 5. The maximum atomic E-state index is 12.7. The van der Waals surface area contributed by atoms with E-state index in [0.29, 0.717) is 44.1 Å². The highest BCUT2D eigenvalue weighted by Crippen LogP contribution is 2.24. The SMILES string of the molecule is CCOC(=O)N1CCN(C(=O)c2ccccc2SCC#N)CC1. The number of nitrogens with zero attached hydrogens (tertiary/aromatic N) is 3. The number of carbonyl (C=O) groups is 2. The highest BCUT2D eigenvalue weighted by Gasteiger charge is 2.26. The molecule has 1 heterocycles. The van der Waals surface area contributed by atoms with E-state index >= 15 is 0 Å². The Morgan fingerprint density at radius 1 is 1.22 bits per heavy atom. The van der Waals surface area contributed by atoms with Crippen LogP contribution in [0, 0.1) is 11.3 Å². The molecule has 7 heteroatoms. The van der Waals surface area contributed by atoms with Gasteiger partial charge in [-0.3, -0.25) is 4.79 Å². The molecule has 0 spiro atoms. The maximum Gasteiger partial charge on any atom is 0.409 e. The number of rotatable bonds is 4. The molecule has 0 bridgehead atoms. The number of piperazine rings is 1. The van der Waals surface area contributed by atoms with Crippen molar-refractivity contribution in [3.8, 4) is 6.07 Å². The zero-order valence-electron chi connectivity index (χ0n) is 13.0. The van der Waals surface area contributed by atoms with Crippen LogP contribution in [0.5, 0.6) is 0 Å². The smallest absolute Gasteiger partial charge is 0.409 e. The Balaban J connectivity index is 2.00. The fourth-order valence-electron chi connectivity index (χ4n) is 2.36. The summed E-state index contributed by atoms with van der Waals surface area (Å²) < 4.78 is 4.97. The third kappa shape index (κ3) is 4.39. The Kier molecular flexibility index (Phi) is 6.29. The Hall–Kier alpha value is -2.20. The molecule has 0 N–H and O–H groups in total. The zero-order valence-corrected chi connectivity index (χ0v) is 13.8. The standard InChI is InChI=1S/C16H19N3O3S/c1-2-22-16(21)19-10-8-18(9-11-19)15(20)13-5-3-4-6-14(13)23-12-7-17/h3-6H,2,8-12H2,1H3. The summed E-state index contributed by atoms with van der Waals surface area (Å²) in [5, 5.41) is 8.72. The van der Waals surface area contributed by atoms with Crippen LogP contribution in [0.1, 0.15) is 17.3 Å². The van der Waals surface area contributed by atoms with Crippen molar-refractivity contribution in [2.45, 2.75) is 11.8 Å². The van der Waals surface area contributed by atoms with Gasteiger partial charge in [-0.2, -0.15) is 5.26 Å². The van der Waals surface area contributed by atoms with Crippen LogP contribution in [0.15, 0.2) is 29.2 Å². The molecule has 2 amide bonds. The first kappa shape index (κ1) is 17.2. The Labute approximate surface area is 140 Å². The predicted molar refractivity (Wildman–Crippen MR) is 87.3 cm³/mol. The van der Waals surface area contributed by atoms with Crippen molar-refractivity contribution in [2.75, 3.05) is 38.5 Å². The molecular weight excluding hydrogens is 314 g/mol. The van der Waals surface area contributed by atoms with Gasteiger partial charge in [0, 0.05) is 31.1 Å². The summed E-state index contributed by atoms with van der Waals surface area (Å²) in [5.41, 5.74) is 0.609. The average molecular weight is 333 g/mol. The van der Waals surface area contributed by atoms with Gasteiger partial charge in [0.2, 0.25) is 0 Å². The summed E-state index contributed by atoms with van der Waals surface area (Å²) in [6.45, 7) is 4.02. The second-order valence-corrected chi connectivity index (χ2v) is 5.94. The van der Waals surface area contributed by atoms with E-state index in [1.807, 2.05) is 18.2 Å². The van der Waals surface area contributed by atoms with Crippen LogP contribution in [0.25, 0.3) is 0 Å². The Morgan fingerprint density at radius 2 is 1.87 bits per heavy atom. The van der Waals surface area contributed by atoms with E-state index in [-0.39, 0.29) is 12.0 Å². The lowest BCUT2D eigenvalue weighted by Crippen LogP contribution is -2.50. The highest BCUT2D eigenvalue weighted by molar-refractivity contribution is 7.99. The Bertz CT molecular complexity index is 607. The molecule has 1 aliphatic rings. The maximum absolute atomic E-state index is 12.7. The van der Waals surface area contributed by atoms with E-state index in [2.05, 4.69) is 6.07 Å². The van der Waals surface area contributed by atoms with Gasteiger partial charge in [0.05, 0.1) is 24.0 Å². The van der Waals surface area contributed by atoms with E-state index < -0.39 is 0 Å². The molecule has 0 radical (unpaired) electrons. The molecular formula is C16H19N3O3S. The van der Waals surface area contributed by atoms with Crippen molar-refractivity contribution in [1.82, 2.24) is 9.80 Å². The van der Waals surface area contributed by atoms with Gasteiger partial charge >= 0.3 is 6.09 Å². The van der Waals surface area contributed by atoms with Crippen LogP contribution in [0.4, 0.5) is 4.79 Å². The Morgan fingerprint density at radius 3 is 2.52 bits per heavy atom. The minimum absolute atomic E-state index is 0.0606. The topological polar surface area (TPSA) is 73.6 Å². The molecule has 122 valence electrons. The van der Waals surface area contributed by atoms with Crippen molar-refractivity contribution >= 4 is 23.8 Å². The van der Waals surface area contributed by atoms with Crippen molar-refractivity contribution in [2.24, 2.45) is 0 Å². The van der Waals surface area contributed by atoms with Gasteiger partial charge in [0.25, 0.3) is 5.91 Å². The number of ether oxygens (including phenoxy) is 1. The van der Waals surface area contributed by atoms with E-state index in [0.717, 1.165) is 4.90 Å². The zero-order chi connectivity index (χ0) is 16.7. The molecule has 0 saturated carbocycles. The summed E-state index contributed by atoms with van der Waals surface area (Å²) in [6.07, 6.45) is -0.329. The molecule has 23 heavy (non-hydrogen) atoms. The van der Waals surface area contributed by atoms with Crippen molar-refractivity contribution in [3.05, 3.63) is 29.8 Å². The summed E-state index contributed by atoms with van der Waals surface area (Å²) in [7, 11) is 0. The molecule has 1 aromatic carbocycles. The molecule has 1 aliphatic heterocycles. The van der Waals surface area contributed by atoms with E-state index in [1.54, 1.807) is 22.8 Å². The lowest BCUT2D eigenvalue weighted by molar-refractivity contribution is 0.0568.